The van der Waals surface area contributed by atoms with Gasteiger partial charge in [-0.15, -0.1) is 0 Å². The number of fused-ring (bicyclic) bond motifs is 1. The van der Waals surface area contributed by atoms with Crippen molar-refractivity contribution in [2.45, 2.75) is 23.4 Å². The number of ether oxygens (including phenoxy) is 2. The maximum Gasteiger partial charge on any atom is 0.309 e. The molecule has 0 spiro atoms. The molecule has 1 unspecified atom stereocenters. The Labute approximate surface area is 248 Å². The van der Waals surface area contributed by atoms with E-state index < -0.39 is 46.8 Å². The van der Waals surface area contributed by atoms with Crippen molar-refractivity contribution in [1.82, 2.24) is 9.88 Å². The molecule has 13 heteroatoms. The number of aliphatic carboxylic acids is 1. The summed E-state index contributed by atoms with van der Waals surface area (Å²) in [5.74, 6) is -3.02. The van der Waals surface area contributed by atoms with Gasteiger partial charge in [0.2, 0.25) is 5.91 Å². The number of nitrogen functional groups attached to an aromatic ring is 1. The van der Waals surface area contributed by atoms with E-state index >= 15 is 4.39 Å². The second kappa shape index (κ2) is 12.2. The van der Waals surface area contributed by atoms with Gasteiger partial charge >= 0.3 is 5.97 Å². The van der Waals surface area contributed by atoms with Crippen LogP contribution in [0.3, 0.4) is 0 Å². The summed E-state index contributed by atoms with van der Waals surface area (Å²) < 4.78 is 48.5. The van der Waals surface area contributed by atoms with Gasteiger partial charge in [0.15, 0.2) is 22.6 Å². The summed E-state index contributed by atoms with van der Waals surface area (Å²) in [5, 5.41) is 14.6. The minimum atomic E-state index is -2.45. The molecule has 0 bridgehead atoms. The van der Waals surface area contributed by atoms with Gasteiger partial charge in [-0.1, -0.05) is 18.2 Å². The first-order valence-corrected chi connectivity index (χ1v) is 14.3. The fourth-order valence-corrected chi connectivity index (χ4v) is 6.14. The fraction of sp³-hybridized carbons (Fsp3) is 0.233. The number of carboxylic acids is 1. The lowest BCUT2D eigenvalue weighted by Crippen LogP contribution is -2.40. The number of rotatable bonds is 9. The van der Waals surface area contributed by atoms with Gasteiger partial charge in [0.1, 0.15) is 17.7 Å². The molecule has 1 aromatic heterocycles. The van der Waals surface area contributed by atoms with E-state index in [2.05, 4.69) is 10.3 Å². The van der Waals surface area contributed by atoms with Crippen LogP contribution in [0, 0.1) is 11.7 Å². The number of amides is 1. The summed E-state index contributed by atoms with van der Waals surface area (Å²) in [6.45, 7) is 0.0138. The van der Waals surface area contributed by atoms with Crippen molar-refractivity contribution in [2.75, 3.05) is 31.8 Å². The van der Waals surface area contributed by atoms with Crippen LogP contribution in [0.2, 0.25) is 0 Å². The van der Waals surface area contributed by atoms with E-state index in [1.165, 1.54) is 37.3 Å². The zero-order chi connectivity index (χ0) is 30.8. The third-order valence-corrected chi connectivity index (χ3v) is 8.34. The molecule has 3 aromatic carbocycles. The molecule has 1 aliphatic rings. The molecule has 0 radical (unpaired) electrons. The lowest BCUT2D eigenvalue weighted by Gasteiger charge is -2.32. The number of likely N-dealkylation sites (tertiary alicyclic amines) is 1. The Kier molecular flexibility index (Phi) is 8.46. The normalized spacial score (nSPS) is 17.8. The van der Waals surface area contributed by atoms with Crippen LogP contribution in [-0.2, 0) is 20.7 Å². The summed E-state index contributed by atoms with van der Waals surface area (Å²) >= 11 is -2.45. The van der Waals surface area contributed by atoms with E-state index in [4.69, 9.17) is 15.2 Å². The number of hydrogen-bond acceptors (Lipinski definition) is 8. The van der Waals surface area contributed by atoms with Gasteiger partial charge in [-0.3, -0.25) is 9.59 Å². The largest absolute Gasteiger partial charge is 0.493 e. The number of carboxylic acid groups (broad SMARTS) is 1. The first kappa shape index (κ1) is 29.7. The van der Waals surface area contributed by atoms with Crippen LogP contribution >= 0.6 is 0 Å². The average Bonchev–Trinajstić information content (AvgIpc) is 3.45. The number of nitrogens with two attached hydrogens (primary N) is 1. The van der Waals surface area contributed by atoms with Crippen molar-refractivity contribution < 1.29 is 37.3 Å². The summed E-state index contributed by atoms with van der Waals surface area (Å²) in [4.78, 5) is 32.2. The number of carbonyl (C=O) groups excluding carboxylic acids is 1. The second-order valence-corrected chi connectivity index (χ2v) is 10.9. The molecule has 0 saturated carbocycles. The van der Waals surface area contributed by atoms with E-state index in [0.717, 1.165) is 11.5 Å². The maximum absolute atomic E-state index is 15.7. The van der Waals surface area contributed by atoms with Gasteiger partial charge in [-0.2, -0.15) is 0 Å². The zero-order valence-corrected chi connectivity index (χ0v) is 24.0. The van der Waals surface area contributed by atoms with E-state index in [-0.39, 0.29) is 40.5 Å². The molecule has 1 saturated heterocycles. The lowest BCUT2D eigenvalue weighted by molar-refractivity contribution is -0.143. The monoisotopic (exact) mass is 608 g/mol. The molecule has 0 aliphatic carbocycles. The lowest BCUT2D eigenvalue weighted by atomic mass is 9.93. The Bertz CT molecular complexity index is 1740. The Balaban J connectivity index is 1.64. The number of carbonyl (C=O) groups is 2. The Morgan fingerprint density at radius 2 is 1.84 bits per heavy atom. The zero-order valence-electron chi connectivity index (χ0n) is 23.2. The van der Waals surface area contributed by atoms with Crippen molar-refractivity contribution >= 4 is 45.2 Å². The highest BCUT2D eigenvalue weighted by atomic mass is 32.2. The molecule has 5 rings (SSSR count). The molecule has 2 heterocycles. The van der Waals surface area contributed by atoms with Crippen LogP contribution in [0.25, 0.3) is 10.8 Å². The Morgan fingerprint density at radius 3 is 2.53 bits per heavy atom. The van der Waals surface area contributed by atoms with E-state index in [1.54, 1.807) is 42.6 Å². The Hall–Kier alpha value is -4.75. The fourth-order valence-electron chi connectivity index (χ4n) is 5.55. The molecule has 5 N–H and O–H groups in total. The smallest absolute Gasteiger partial charge is 0.309 e. The molecular weight excluding hydrogens is 579 g/mol. The number of pyridine rings is 1. The summed E-state index contributed by atoms with van der Waals surface area (Å²) in [7, 11) is 2.74. The number of halogens is 1. The molecule has 224 valence electrons. The van der Waals surface area contributed by atoms with E-state index in [1.807, 2.05) is 0 Å². The maximum atomic E-state index is 15.7. The van der Waals surface area contributed by atoms with Crippen LogP contribution in [0.15, 0.2) is 71.8 Å². The Morgan fingerprint density at radius 1 is 1.12 bits per heavy atom. The van der Waals surface area contributed by atoms with Crippen molar-refractivity contribution in [3.8, 4) is 11.5 Å². The number of aromatic nitrogens is 1. The van der Waals surface area contributed by atoms with E-state index in [9.17, 15) is 23.5 Å². The molecule has 1 amide bonds. The van der Waals surface area contributed by atoms with Gasteiger partial charge in [0.05, 0.1) is 31.1 Å². The average molecular weight is 609 g/mol. The van der Waals surface area contributed by atoms with Crippen LogP contribution in [0.1, 0.15) is 29.6 Å². The highest BCUT2D eigenvalue weighted by Crippen LogP contribution is 2.43. The molecule has 43 heavy (non-hydrogen) atoms. The molecule has 1 fully saturated rings. The molecule has 1 aliphatic heterocycles. The number of methoxy groups -OCH3 is 2. The highest BCUT2D eigenvalue weighted by Gasteiger charge is 2.45. The van der Waals surface area contributed by atoms with Crippen molar-refractivity contribution in [3.63, 3.8) is 0 Å². The predicted molar refractivity (Wildman–Crippen MR) is 158 cm³/mol. The summed E-state index contributed by atoms with van der Waals surface area (Å²) in [6.07, 6.45) is 1.63. The molecule has 4 atom stereocenters. The minimum absolute atomic E-state index is 0.0130. The van der Waals surface area contributed by atoms with Gasteiger partial charge in [-0.25, -0.2) is 13.6 Å². The number of hydrogen-bond donors (Lipinski definition) is 4. The van der Waals surface area contributed by atoms with Gasteiger partial charge < -0.3 is 35.1 Å². The van der Waals surface area contributed by atoms with Crippen LogP contribution in [0.4, 0.5) is 15.9 Å². The topological polar surface area (TPSA) is 164 Å². The van der Waals surface area contributed by atoms with Crippen molar-refractivity contribution in [2.24, 2.45) is 5.92 Å². The standard InChI is InChI=1S/C30H29FN4O7S/c1-41-23-14-21(22(31)15-24(23)42-2)26(34-17-7-8-18-16(13-17)9-11-33-28(18)32)29(36)35-12-10-20(30(37)38)27(35)19-5-3-4-6-25(19)43(39)40/h3-9,11,13-15,20,26-27,34H,10,12H2,1-2H3,(H2,32,33)(H,37,38)(H,39,40)/t20-,26+,27-/m0/s1. The van der Waals surface area contributed by atoms with Crippen LogP contribution < -0.4 is 20.5 Å². The number of anilines is 2. The number of nitrogens with one attached hydrogen (secondary N) is 1. The van der Waals surface area contributed by atoms with E-state index in [0.29, 0.717) is 16.9 Å². The first-order chi connectivity index (χ1) is 20.6. The predicted octanol–water partition coefficient (Wildman–Crippen LogP) is 4.38. The highest BCUT2D eigenvalue weighted by molar-refractivity contribution is 7.79. The minimum Gasteiger partial charge on any atom is -0.493 e. The van der Waals surface area contributed by atoms with Crippen molar-refractivity contribution in [3.05, 3.63) is 83.8 Å². The van der Waals surface area contributed by atoms with Crippen molar-refractivity contribution in [1.29, 1.82) is 0 Å². The van der Waals surface area contributed by atoms with Crippen LogP contribution in [-0.4, -0.2) is 56.4 Å². The first-order valence-electron chi connectivity index (χ1n) is 13.2. The SMILES string of the molecule is COc1cc(F)c([C@@H](Nc2ccc3c(N)nccc3c2)C(=O)N2CC[C@H](C(=O)O)[C@@H]2c2ccccc2S(=O)O)cc1OC. The van der Waals surface area contributed by atoms with Gasteiger partial charge in [0.25, 0.3) is 0 Å². The second-order valence-electron chi connectivity index (χ2n) is 9.94. The summed E-state index contributed by atoms with van der Waals surface area (Å²) in [5.41, 5.74) is 6.60. The molecular formula is C30H29FN4O7S. The van der Waals surface area contributed by atoms with Gasteiger partial charge in [-0.05, 0) is 53.8 Å². The molecule has 11 nitrogen and oxygen atoms in total. The van der Waals surface area contributed by atoms with Gasteiger partial charge in [0, 0.05) is 35.4 Å². The number of benzene rings is 3. The third kappa shape index (κ3) is 5.68. The quantitative estimate of drug-likeness (QED) is 0.200. The van der Waals surface area contributed by atoms with Crippen LogP contribution in [0.5, 0.6) is 11.5 Å². The molecule has 4 aromatic rings. The number of nitrogens with zero attached hydrogens (tertiary/aromatic N) is 2. The third-order valence-electron chi connectivity index (χ3n) is 7.59. The summed E-state index contributed by atoms with van der Waals surface area (Å²) in [6, 6.07) is 13.0.